The van der Waals surface area contributed by atoms with E-state index in [1.54, 1.807) is 28.9 Å². The summed E-state index contributed by atoms with van der Waals surface area (Å²) in [6.07, 6.45) is 3.28. The molecule has 164 valence electrons. The molecule has 0 saturated heterocycles. The van der Waals surface area contributed by atoms with Crippen molar-refractivity contribution >= 4 is 55.6 Å². The Labute approximate surface area is 206 Å². The number of nitrogens with one attached hydrogen (secondary N) is 2. The van der Waals surface area contributed by atoms with E-state index in [1.807, 2.05) is 60.8 Å². The van der Waals surface area contributed by atoms with Gasteiger partial charge in [0.1, 0.15) is 5.69 Å². The molecule has 0 unspecified atom stereocenters. The number of aromatic nitrogens is 2. The highest BCUT2D eigenvalue weighted by atomic mass is 79.9. The second-order valence-electron chi connectivity index (χ2n) is 6.88. The molecule has 0 atom stereocenters. The predicted molar refractivity (Wildman–Crippen MR) is 135 cm³/mol. The van der Waals surface area contributed by atoms with Crippen LogP contribution in [0.1, 0.15) is 5.56 Å². The van der Waals surface area contributed by atoms with Gasteiger partial charge in [0, 0.05) is 32.0 Å². The third-order valence-electron chi connectivity index (χ3n) is 4.56. The van der Waals surface area contributed by atoms with Crippen LogP contribution in [0.2, 0.25) is 0 Å². The van der Waals surface area contributed by atoms with Crippen molar-refractivity contribution in [2.75, 3.05) is 5.32 Å². The molecule has 0 aliphatic carbocycles. The van der Waals surface area contributed by atoms with E-state index in [9.17, 15) is 9.59 Å². The van der Waals surface area contributed by atoms with E-state index in [0.29, 0.717) is 16.9 Å². The third kappa shape index (κ3) is 5.82. The zero-order valence-electron chi connectivity index (χ0n) is 17.1. The number of rotatable bonds is 5. The second kappa shape index (κ2) is 10.4. The standard InChI is InChI=1S/C24H17Br2N5O2/c25-18-8-6-16(7-9-18)22-17(15-31(30-22)21-4-2-1-3-5-21)14-27-29-24(33)23(32)28-20-12-10-19(26)11-13-20/h1-15H,(H,28,32)(H,29,33)/b27-14-. The Morgan fingerprint density at radius 1 is 0.848 bits per heavy atom. The number of hydrogen-bond acceptors (Lipinski definition) is 4. The van der Waals surface area contributed by atoms with Crippen LogP contribution in [0.4, 0.5) is 5.69 Å². The van der Waals surface area contributed by atoms with E-state index in [0.717, 1.165) is 20.2 Å². The van der Waals surface area contributed by atoms with Gasteiger partial charge >= 0.3 is 11.8 Å². The number of para-hydroxylation sites is 1. The second-order valence-corrected chi connectivity index (χ2v) is 8.71. The van der Waals surface area contributed by atoms with Crippen molar-refractivity contribution in [3.63, 3.8) is 0 Å². The molecule has 7 nitrogen and oxygen atoms in total. The van der Waals surface area contributed by atoms with Crippen molar-refractivity contribution in [2.24, 2.45) is 5.10 Å². The number of halogens is 2. The van der Waals surface area contributed by atoms with Gasteiger partial charge in [0.05, 0.1) is 11.9 Å². The van der Waals surface area contributed by atoms with E-state index in [2.05, 4.69) is 47.7 Å². The summed E-state index contributed by atoms with van der Waals surface area (Å²) in [6, 6.07) is 24.3. The lowest BCUT2D eigenvalue weighted by Gasteiger charge is -2.03. The molecule has 4 aromatic rings. The van der Waals surface area contributed by atoms with Crippen molar-refractivity contribution < 1.29 is 9.59 Å². The fourth-order valence-corrected chi connectivity index (χ4v) is 3.49. The van der Waals surface area contributed by atoms with Gasteiger partial charge in [-0.3, -0.25) is 9.59 Å². The van der Waals surface area contributed by atoms with Gasteiger partial charge in [-0.1, -0.05) is 62.2 Å². The molecule has 0 radical (unpaired) electrons. The van der Waals surface area contributed by atoms with Crippen LogP contribution < -0.4 is 10.7 Å². The van der Waals surface area contributed by atoms with Gasteiger partial charge < -0.3 is 5.32 Å². The van der Waals surface area contributed by atoms with Crippen LogP contribution >= 0.6 is 31.9 Å². The summed E-state index contributed by atoms with van der Waals surface area (Å²) in [5.41, 5.74) is 5.89. The minimum absolute atomic E-state index is 0.504. The highest BCUT2D eigenvalue weighted by Gasteiger charge is 2.14. The molecule has 9 heteroatoms. The van der Waals surface area contributed by atoms with Crippen LogP contribution in [0.5, 0.6) is 0 Å². The van der Waals surface area contributed by atoms with E-state index < -0.39 is 11.8 Å². The molecule has 0 aliphatic rings. The molecule has 3 aromatic carbocycles. The molecule has 1 heterocycles. The highest BCUT2D eigenvalue weighted by Crippen LogP contribution is 2.24. The van der Waals surface area contributed by atoms with Crippen molar-refractivity contribution in [2.45, 2.75) is 0 Å². The number of nitrogens with zero attached hydrogens (tertiary/aromatic N) is 3. The van der Waals surface area contributed by atoms with Crippen molar-refractivity contribution in [3.8, 4) is 16.9 Å². The number of carbonyl (C=O) groups excluding carboxylic acids is 2. The van der Waals surface area contributed by atoms with Crippen LogP contribution in [0.15, 0.2) is 99.1 Å². The average Bonchev–Trinajstić information content (AvgIpc) is 3.25. The molecule has 4 rings (SSSR count). The Bertz CT molecular complexity index is 1300. The average molecular weight is 567 g/mol. The lowest BCUT2D eigenvalue weighted by Crippen LogP contribution is -2.32. The number of anilines is 1. The highest BCUT2D eigenvalue weighted by molar-refractivity contribution is 9.10. The first-order valence-electron chi connectivity index (χ1n) is 9.80. The summed E-state index contributed by atoms with van der Waals surface area (Å²) in [4.78, 5) is 24.3. The fraction of sp³-hybridized carbons (Fsp3) is 0. The predicted octanol–water partition coefficient (Wildman–Crippen LogP) is 5.15. The van der Waals surface area contributed by atoms with Gasteiger partial charge in [0.25, 0.3) is 0 Å². The zero-order chi connectivity index (χ0) is 23.2. The van der Waals surface area contributed by atoms with Crippen LogP contribution in [0, 0.1) is 0 Å². The van der Waals surface area contributed by atoms with Crippen molar-refractivity contribution in [1.82, 2.24) is 15.2 Å². The molecular formula is C24H17Br2N5O2. The molecule has 1 aromatic heterocycles. The van der Waals surface area contributed by atoms with Gasteiger partial charge in [0.15, 0.2) is 0 Å². The molecule has 2 N–H and O–H groups in total. The van der Waals surface area contributed by atoms with Gasteiger partial charge in [-0.2, -0.15) is 10.2 Å². The van der Waals surface area contributed by atoms with Crippen LogP contribution in [0.3, 0.4) is 0 Å². The van der Waals surface area contributed by atoms with Gasteiger partial charge in [-0.05, 0) is 48.5 Å². The normalized spacial score (nSPS) is 10.8. The number of hydrogen-bond donors (Lipinski definition) is 2. The number of amides is 2. The Hall–Kier alpha value is -3.56. The number of benzene rings is 3. The van der Waals surface area contributed by atoms with E-state index in [1.165, 1.54) is 6.21 Å². The fourth-order valence-electron chi connectivity index (χ4n) is 2.96. The van der Waals surface area contributed by atoms with E-state index >= 15 is 0 Å². The van der Waals surface area contributed by atoms with E-state index in [4.69, 9.17) is 5.10 Å². The first-order chi connectivity index (χ1) is 16.0. The molecule has 2 amide bonds. The first-order valence-corrected chi connectivity index (χ1v) is 11.4. The maximum Gasteiger partial charge on any atom is 0.329 e. The van der Waals surface area contributed by atoms with Crippen molar-refractivity contribution in [3.05, 3.63) is 99.6 Å². The lowest BCUT2D eigenvalue weighted by molar-refractivity contribution is -0.136. The topological polar surface area (TPSA) is 88.4 Å². The van der Waals surface area contributed by atoms with Gasteiger partial charge in [0.2, 0.25) is 0 Å². The molecular weight excluding hydrogens is 550 g/mol. The lowest BCUT2D eigenvalue weighted by atomic mass is 10.1. The first kappa shape index (κ1) is 22.6. The summed E-state index contributed by atoms with van der Waals surface area (Å²) in [5, 5.41) is 11.2. The minimum atomic E-state index is -0.880. The monoisotopic (exact) mass is 565 g/mol. The van der Waals surface area contributed by atoms with Crippen molar-refractivity contribution in [1.29, 1.82) is 0 Å². The summed E-state index contributed by atoms with van der Waals surface area (Å²) < 4.78 is 3.56. The zero-order valence-corrected chi connectivity index (χ0v) is 20.2. The molecule has 0 spiro atoms. The Morgan fingerprint density at radius 2 is 1.48 bits per heavy atom. The number of hydrazone groups is 1. The summed E-state index contributed by atoms with van der Waals surface area (Å²) >= 11 is 6.76. The van der Waals surface area contributed by atoms with Crippen LogP contribution in [-0.4, -0.2) is 27.8 Å². The molecule has 33 heavy (non-hydrogen) atoms. The SMILES string of the molecule is O=C(N/N=C\c1cn(-c2ccccc2)nc1-c1ccc(Br)cc1)C(=O)Nc1ccc(Br)cc1. The summed E-state index contributed by atoms with van der Waals surface area (Å²) in [5.74, 6) is -1.70. The largest absolute Gasteiger partial charge is 0.329 e. The molecule has 0 saturated carbocycles. The van der Waals surface area contributed by atoms with Crippen LogP contribution in [-0.2, 0) is 9.59 Å². The van der Waals surface area contributed by atoms with E-state index in [-0.39, 0.29) is 0 Å². The summed E-state index contributed by atoms with van der Waals surface area (Å²) in [7, 11) is 0. The number of carbonyl (C=O) groups is 2. The molecule has 0 fully saturated rings. The smallest absolute Gasteiger partial charge is 0.318 e. The summed E-state index contributed by atoms with van der Waals surface area (Å²) in [6.45, 7) is 0. The quantitative estimate of drug-likeness (QED) is 0.199. The Kier molecular flexibility index (Phi) is 7.11. The van der Waals surface area contributed by atoms with Crippen LogP contribution in [0.25, 0.3) is 16.9 Å². The van der Waals surface area contributed by atoms with Gasteiger partial charge in [-0.25, -0.2) is 10.1 Å². The maximum absolute atomic E-state index is 12.2. The Morgan fingerprint density at radius 3 is 2.15 bits per heavy atom. The third-order valence-corrected chi connectivity index (χ3v) is 5.62. The molecule has 0 bridgehead atoms. The maximum atomic E-state index is 12.2. The molecule has 0 aliphatic heterocycles. The Balaban J connectivity index is 1.52. The van der Waals surface area contributed by atoms with Gasteiger partial charge in [-0.15, -0.1) is 0 Å². The minimum Gasteiger partial charge on any atom is -0.318 e.